The molecule has 0 aliphatic carbocycles. The van der Waals surface area contributed by atoms with Crippen molar-refractivity contribution in [3.8, 4) is 0 Å². The van der Waals surface area contributed by atoms with E-state index >= 15 is 0 Å². The van der Waals surface area contributed by atoms with Crippen LogP contribution in [0.1, 0.15) is 240 Å². The molecule has 0 rings (SSSR count). The van der Waals surface area contributed by atoms with Gasteiger partial charge in [-0.15, -0.1) is 0 Å². The van der Waals surface area contributed by atoms with Gasteiger partial charge in [-0.1, -0.05) is 189 Å². The lowest BCUT2D eigenvalue weighted by Crippen LogP contribution is -2.29. The number of aliphatic hydroxyl groups is 1. The van der Waals surface area contributed by atoms with Crippen LogP contribution in [0.25, 0.3) is 0 Å². The van der Waals surface area contributed by atoms with Gasteiger partial charge in [0.2, 0.25) is 0 Å². The van der Waals surface area contributed by atoms with Gasteiger partial charge in [0.05, 0.1) is 19.8 Å². The number of nitrogens with zero attached hydrogens (tertiary/aromatic N) is 1. The number of unbranched alkanes of at least 4 members (excludes halogenated alkanes) is 21. The number of rotatable bonds is 42. The van der Waals surface area contributed by atoms with Crippen molar-refractivity contribution in [2.24, 2.45) is 11.8 Å². The summed E-state index contributed by atoms with van der Waals surface area (Å²) >= 11 is 0. The van der Waals surface area contributed by atoms with Crippen LogP contribution in [0.15, 0.2) is 0 Å². The largest absolute Gasteiger partial charge is 0.468 e. The van der Waals surface area contributed by atoms with E-state index in [9.17, 15) is 14.7 Å². The molecule has 0 aromatic carbocycles. The first-order valence-corrected chi connectivity index (χ1v) is 23.6. The van der Waals surface area contributed by atoms with Crippen molar-refractivity contribution in [3.63, 3.8) is 0 Å². The van der Waals surface area contributed by atoms with E-state index in [2.05, 4.69) is 39.5 Å². The zero-order valence-electron chi connectivity index (χ0n) is 36.6. The Morgan fingerprint density at radius 3 is 1.26 bits per heavy atom. The Hall–Kier alpha value is -1.14. The second-order valence-electron chi connectivity index (χ2n) is 16.1. The molecule has 0 aliphatic heterocycles. The number of ether oxygens (including phenoxy) is 2. The molecule has 6 heteroatoms. The van der Waals surface area contributed by atoms with Crippen LogP contribution >= 0.6 is 0 Å². The van der Waals surface area contributed by atoms with E-state index in [1.165, 1.54) is 180 Å². The highest BCUT2D eigenvalue weighted by Crippen LogP contribution is 2.21. The molecule has 2 unspecified atom stereocenters. The maximum Gasteiger partial charge on any atom is 0.305 e. The zero-order valence-corrected chi connectivity index (χ0v) is 36.6. The average molecular weight is 754 g/mol. The third kappa shape index (κ3) is 43.5. The normalized spacial score (nSPS) is 12.4. The quantitative estimate of drug-likeness (QED) is 0.0380. The molecule has 0 spiro atoms. The fourth-order valence-electron chi connectivity index (χ4n) is 7.25. The van der Waals surface area contributed by atoms with Crippen LogP contribution in [-0.2, 0) is 19.1 Å². The van der Waals surface area contributed by atoms with Crippen LogP contribution < -0.4 is 0 Å². The molecule has 0 amide bonds. The number of carbonyl (C=O) groups excluding carboxylic acids is 2. The first-order valence-electron chi connectivity index (χ1n) is 23.6. The Bertz CT molecular complexity index is 704. The van der Waals surface area contributed by atoms with Gasteiger partial charge in [-0.3, -0.25) is 9.59 Å². The Kier molecular flexibility index (Phi) is 47.9. The standard InChI is InChI=1S/C30H61NO3.C17H34O2/c1-4-7-10-13-14-17-22-29(21-16-11-8-5-2)28-34-30(33)23-18-15-20-25-31(26-27-32)24-19-12-9-6-3;1-3-5-7-9-10-12-14-17(15-19-16-18)13-11-8-6-4-2/h29,32H,4-28H2,1-3H3;16-17H,3-15H2,1-2H3. The zero-order chi connectivity index (χ0) is 39.3. The molecule has 1 N–H and O–H groups in total. The molecule has 318 valence electrons. The van der Waals surface area contributed by atoms with Crippen LogP contribution in [0.3, 0.4) is 0 Å². The fourth-order valence-corrected chi connectivity index (χ4v) is 7.25. The lowest BCUT2D eigenvalue weighted by atomic mass is 9.95. The van der Waals surface area contributed by atoms with E-state index in [-0.39, 0.29) is 12.6 Å². The molecule has 0 aliphatic rings. The van der Waals surface area contributed by atoms with Crippen molar-refractivity contribution in [3.05, 3.63) is 0 Å². The van der Waals surface area contributed by atoms with Crippen molar-refractivity contribution in [1.29, 1.82) is 0 Å². The number of aliphatic hydroxyl groups excluding tert-OH is 1. The lowest BCUT2D eigenvalue weighted by Gasteiger charge is -2.21. The minimum absolute atomic E-state index is 0.00622. The number of esters is 1. The molecule has 2 atom stereocenters. The molecule has 0 heterocycles. The highest BCUT2D eigenvalue weighted by Gasteiger charge is 2.13. The third-order valence-corrected chi connectivity index (χ3v) is 10.8. The SMILES string of the molecule is CCCCCCCCC(CCCCCC)COC(=O)CCCCCN(CCO)CCCCCC.CCCCCCCCC(CCCCCC)COC=O. The molecule has 0 bridgehead atoms. The maximum atomic E-state index is 12.3. The van der Waals surface area contributed by atoms with Gasteiger partial charge in [0.25, 0.3) is 6.47 Å². The summed E-state index contributed by atoms with van der Waals surface area (Å²) in [4.78, 5) is 25.0. The van der Waals surface area contributed by atoms with Crippen LogP contribution in [0.2, 0.25) is 0 Å². The maximum absolute atomic E-state index is 12.3. The molecular weight excluding hydrogens is 659 g/mol. The highest BCUT2D eigenvalue weighted by atomic mass is 16.5. The average Bonchev–Trinajstić information content (AvgIpc) is 3.16. The number of hydrogen-bond acceptors (Lipinski definition) is 6. The topological polar surface area (TPSA) is 76.1 Å². The monoisotopic (exact) mass is 754 g/mol. The van der Waals surface area contributed by atoms with Crippen molar-refractivity contribution in [1.82, 2.24) is 4.90 Å². The van der Waals surface area contributed by atoms with Crippen LogP contribution in [-0.4, -0.2) is 61.9 Å². The third-order valence-electron chi connectivity index (χ3n) is 10.8. The molecule has 0 saturated heterocycles. The molecule has 6 nitrogen and oxygen atoms in total. The molecule has 0 radical (unpaired) electrons. The minimum atomic E-state index is -0.00622. The summed E-state index contributed by atoms with van der Waals surface area (Å²) in [6.45, 7) is 16.2. The molecule has 0 fully saturated rings. The van der Waals surface area contributed by atoms with Crippen molar-refractivity contribution in [2.45, 2.75) is 240 Å². The highest BCUT2D eigenvalue weighted by molar-refractivity contribution is 5.69. The Morgan fingerprint density at radius 2 is 0.849 bits per heavy atom. The van der Waals surface area contributed by atoms with Gasteiger partial charge in [-0.2, -0.15) is 0 Å². The Labute approximate surface area is 332 Å². The summed E-state index contributed by atoms with van der Waals surface area (Å²) in [7, 11) is 0. The van der Waals surface area contributed by atoms with E-state index in [4.69, 9.17) is 9.47 Å². The predicted molar refractivity (Wildman–Crippen MR) is 230 cm³/mol. The summed E-state index contributed by atoms with van der Waals surface area (Å²) in [5, 5.41) is 9.30. The number of carbonyl (C=O) groups is 2. The van der Waals surface area contributed by atoms with Crippen LogP contribution in [0.4, 0.5) is 0 Å². The molecule has 0 aromatic heterocycles. The van der Waals surface area contributed by atoms with Gasteiger partial charge in [0.15, 0.2) is 0 Å². The van der Waals surface area contributed by atoms with E-state index in [1.54, 1.807) is 0 Å². The minimum Gasteiger partial charge on any atom is -0.468 e. The van der Waals surface area contributed by atoms with E-state index in [0.717, 1.165) is 38.9 Å². The van der Waals surface area contributed by atoms with E-state index in [0.29, 0.717) is 37.9 Å². The summed E-state index contributed by atoms with van der Waals surface area (Å²) < 4.78 is 10.7. The lowest BCUT2D eigenvalue weighted by molar-refractivity contribution is -0.145. The van der Waals surface area contributed by atoms with Gasteiger partial charge < -0.3 is 19.5 Å². The van der Waals surface area contributed by atoms with Gasteiger partial charge in [-0.25, -0.2) is 0 Å². The molecular formula is C47H95NO5. The second kappa shape index (κ2) is 47.0. The van der Waals surface area contributed by atoms with E-state index in [1.807, 2.05) is 0 Å². The second-order valence-corrected chi connectivity index (χ2v) is 16.1. The Balaban J connectivity index is 0. The Morgan fingerprint density at radius 1 is 0.491 bits per heavy atom. The van der Waals surface area contributed by atoms with Crippen LogP contribution in [0, 0.1) is 11.8 Å². The van der Waals surface area contributed by atoms with Crippen molar-refractivity contribution < 1.29 is 24.2 Å². The van der Waals surface area contributed by atoms with E-state index < -0.39 is 0 Å². The first-order chi connectivity index (χ1) is 26.0. The summed E-state index contributed by atoms with van der Waals surface area (Å²) in [6.07, 6.45) is 40.0. The van der Waals surface area contributed by atoms with Gasteiger partial charge in [-0.05, 0) is 69.9 Å². The summed E-state index contributed by atoms with van der Waals surface area (Å²) in [6, 6.07) is 0. The van der Waals surface area contributed by atoms with Crippen molar-refractivity contribution >= 4 is 12.4 Å². The summed E-state index contributed by atoms with van der Waals surface area (Å²) in [5.41, 5.74) is 0. The molecule has 0 saturated carbocycles. The van der Waals surface area contributed by atoms with Crippen LogP contribution in [0.5, 0.6) is 0 Å². The first kappa shape index (κ1) is 54.0. The number of hydrogen-bond donors (Lipinski definition) is 1. The predicted octanol–water partition coefficient (Wildman–Crippen LogP) is 13.8. The summed E-state index contributed by atoms with van der Waals surface area (Å²) in [5.74, 6) is 1.13. The van der Waals surface area contributed by atoms with Gasteiger partial charge in [0.1, 0.15) is 0 Å². The molecule has 0 aromatic rings. The van der Waals surface area contributed by atoms with Gasteiger partial charge >= 0.3 is 5.97 Å². The fraction of sp³-hybridized carbons (Fsp3) is 0.957. The molecule has 53 heavy (non-hydrogen) atoms. The smallest absolute Gasteiger partial charge is 0.305 e. The van der Waals surface area contributed by atoms with Crippen molar-refractivity contribution in [2.75, 3.05) is 39.5 Å². The van der Waals surface area contributed by atoms with Gasteiger partial charge in [0, 0.05) is 13.0 Å².